The van der Waals surface area contributed by atoms with E-state index < -0.39 is 17.7 Å². The van der Waals surface area contributed by atoms with Crippen molar-refractivity contribution in [3.63, 3.8) is 0 Å². The van der Waals surface area contributed by atoms with E-state index in [-0.39, 0.29) is 6.54 Å². The zero-order valence-electron chi connectivity index (χ0n) is 10.2. The van der Waals surface area contributed by atoms with Gasteiger partial charge < -0.3 is 10.4 Å². The third-order valence-corrected chi connectivity index (χ3v) is 3.64. The highest BCUT2D eigenvalue weighted by Crippen LogP contribution is 2.26. The minimum absolute atomic E-state index is 0.158. The molecule has 0 saturated carbocycles. The Bertz CT molecular complexity index is 624. The number of hydrogen-bond donors (Lipinski definition) is 2. The molecule has 0 heterocycles. The van der Waals surface area contributed by atoms with Gasteiger partial charge in [0.25, 0.3) is 0 Å². The lowest BCUT2D eigenvalue weighted by Crippen LogP contribution is -2.12. The van der Waals surface area contributed by atoms with Crippen LogP contribution in [0.15, 0.2) is 40.9 Å². The predicted molar refractivity (Wildman–Crippen MR) is 79.0 cm³/mol. The number of benzene rings is 2. The van der Waals surface area contributed by atoms with Gasteiger partial charge in [-0.3, -0.25) is 0 Å². The van der Waals surface area contributed by atoms with E-state index in [9.17, 15) is 13.9 Å². The van der Waals surface area contributed by atoms with Crippen molar-refractivity contribution in [2.75, 3.05) is 11.9 Å². The van der Waals surface area contributed by atoms with Crippen molar-refractivity contribution in [3.8, 4) is 0 Å². The first-order valence-corrected chi connectivity index (χ1v) is 6.96. The average molecular weight is 363 g/mol. The van der Waals surface area contributed by atoms with Gasteiger partial charge in [-0.2, -0.15) is 0 Å². The number of aliphatic hydroxyl groups is 1. The molecule has 0 aliphatic heterocycles. The van der Waals surface area contributed by atoms with Crippen LogP contribution < -0.4 is 5.32 Å². The molecule has 0 aliphatic rings. The number of hydrogen-bond acceptors (Lipinski definition) is 2. The number of halogens is 4. The predicted octanol–water partition coefficient (Wildman–Crippen LogP) is 4.53. The van der Waals surface area contributed by atoms with Crippen molar-refractivity contribution < 1.29 is 13.9 Å². The van der Waals surface area contributed by atoms with Crippen LogP contribution in [0.1, 0.15) is 11.7 Å². The Hall–Kier alpha value is -1.17. The molecule has 0 aromatic heterocycles. The first kappa shape index (κ1) is 15.2. The number of aliphatic hydroxyl groups excluding tert-OH is 1. The van der Waals surface area contributed by atoms with Gasteiger partial charge in [-0.15, -0.1) is 0 Å². The first-order chi connectivity index (χ1) is 9.47. The van der Waals surface area contributed by atoms with Crippen molar-refractivity contribution in [2.45, 2.75) is 6.10 Å². The molecule has 0 fully saturated rings. The van der Waals surface area contributed by atoms with E-state index in [0.29, 0.717) is 10.6 Å². The van der Waals surface area contributed by atoms with Gasteiger partial charge in [0.05, 0.1) is 6.10 Å². The minimum Gasteiger partial charge on any atom is -0.387 e. The molecule has 1 unspecified atom stereocenters. The summed E-state index contributed by atoms with van der Waals surface area (Å²) < 4.78 is 26.6. The van der Waals surface area contributed by atoms with Crippen LogP contribution in [0.3, 0.4) is 0 Å². The van der Waals surface area contributed by atoms with E-state index in [1.165, 1.54) is 6.07 Å². The van der Waals surface area contributed by atoms with Gasteiger partial charge in [0.2, 0.25) is 0 Å². The minimum atomic E-state index is -0.978. The summed E-state index contributed by atoms with van der Waals surface area (Å²) in [6.45, 7) is 0.158. The molecule has 2 N–H and O–H groups in total. The zero-order valence-corrected chi connectivity index (χ0v) is 12.5. The molecule has 0 amide bonds. The van der Waals surface area contributed by atoms with Crippen LogP contribution in [-0.4, -0.2) is 11.7 Å². The second-order valence-corrected chi connectivity index (χ2v) is 5.49. The molecule has 2 rings (SSSR count). The summed E-state index contributed by atoms with van der Waals surface area (Å²) >= 11 is 9.16. The van der Waals surface area contributed by atoms with Gasteiger partial charge in [0, 0.05) is 21.7 Å². The van der Waals surface area contributed by atoms with Crippen LogP contribution in [0, 0.1) is 11.6 Å². The Labute approximate surface area is 128 Å². The van der Waals surface area contributed by atoms with Gasteiger partial charge in [-0.25, -0.2) is 8.78 Å². The highest BCUT2D eigenvalue weighted by molar-refractivity contribution is 9.10. The summed E-state index contributed by atoms with van der Waals surface area (Å²) in [7, 11) is 0. The maximum Gasteiger partial charge on any atom is 0.159 e. The Morgan fingerprint density at radius 2 is 1.90 bits per heavy atom. The van der Waals surface area contributed by atoms with E-state index in [4.69, 9.17) is 11.6 Å². The van der Waals surface area contributed by atoms with Crippen LogP contribution in [0.2, 0.25) is 5.02 Å². The monoisotopic (exact) mass is 361 g/mol. The average Bonchev–Trinajstić information content (AvgIpc) is 2.40. The van der Waals surface area contributed by atoms with E-state index >= 15 is 0 Å². The summed E-state index contributed by atoms with van der Waals surface area (Å²) in [4.78, 5) is 0. The lowest BCUT2D eigenvalue weighted by atomic mass is 10.1. The van der Waals surface area contributed by atoms with Crippen molar-refractivity contribution >= 4 is 33.2 Å². The molecule has 0 bridgehead atoms. The summed E-state index contributed by atoms with van der Waals surface area (Å²) in [5.41, 5.74) is 1.05. The van der Waals surface area contributed by atoms with Crippen LogP contribution in [-0.2, 0) is 0 Å². The molecule has 2 aromatic rings. The van der Waals surface area contributed by atoms with Crippen LogP contribution in [0.25, 0.3) is 0 Å². The maximum atomic E-state index is 13.1. The first-order valence-electron chi connectivity index (χ1n) is 5.79. The molecular weight excluding hydrogens is 352 g/mol. The quantitative estimate of drug-likeness (QED) is 0.838. The fourth-order valence-corrected chi connectivity index (χ4v) is 2.50. The molecule has 6 heteroatoms. The normalized spacial score (nSPS) is 12.2. The van der Waals surface area contributed by atoms with Gasteiger partial charge in [-0.05, 0) is 51.8 Å². The second-order valence-electron chi connectivity index (χ2n) is 4.19. The van der Waals surface area contributed by atoms with Crippen molar-refractivity contribution in [2.24, 2.45) is 0 Å². The molecule has 0 spiro atoms. The molecule has 2 aromatic carbocycles. The van der Waals surface area contributed by atoms with Gasteiger partial charge in [-0.1, -0.05) is 17.7 Å². The van der Waals surface area contributed by atoms with Gasteiger partial charge >= 0.3 is 0 Å². The fourth-order valence-electron chi connectivity index (χ4n) is 1.68. The van der Waals surface area contributed by atoms with E-state index in [2.05, 4.69) is 21.2 Å². The summed E-state index contributed by atoms with van der Waals surface area (Å²) in [6.07, 6.45) is -0.951. The smallest absolute Gasteiger partial charge is 0.159 e. The zero-order chi connectivity index (χ0) is 14.7. The Kier molecular flexibility index (Phi) is 4.96. The Morgan fingerprint density at radius 1 is 1.15 bits per heavy atom. The SMILES string of the molecule is OC(CNc1ccc(Cl)cc1Br)c1ccc(F)c(F)c1. The lowest BCUT2D eigenvalue weighted by Gasteiger charge is -2.14. The molecule has 0 saturated heterocycles. The maximum absolute atomic E-state index is 13.1. The largest absolute Gasteiger partial charge is 0.387 e. The van der Waals surface area contributed by atoms with Gasteiger partial charge in [0.1, 0.15) is 0 Å². The second kappa shape index (κ2) is 6.52. The molecule has 106 valence electrons. The van der Waals surface area contributed by atoms with Crippen LogP contribution in [0.4, 0.5) is 14.5 Å². The molecular formula is C14H11BrClF2NO. The van der Waals surface area contributed by atoms with Gasteiger partial charge in [0.15, 0.2) is 11.6 Å². The van der Waals surface area contributed by atoms with E-state index in [1.54, 1.807) is 18.2 Å². The van der Waals surface area contributed by atoms with E-state index in [0.717, 1.165) is 22.3 Å². The number of anilines is 1. The fraction of sp³-hybridized carbons (Fsp3) is 0.143. The van der Waals surface area contributed by atoms with E-state index in [1.807, 2.05) is 0 Å². The van der Waals surface area contributed by atoms with Crippen LogP contribution >= 0.6 is 27.5 Å². The third-order valence-electron chi connectivity index (χ3n) is 2.75. The van der Waals surface area contributed by atoms with Crippen molar-refractivity contribution in [1.82, 2.24) is 0 Å². The summed E-state index contributed by atoms with van der Waals surface area (Å²) in [5.74, 6) is -1.91. The molecule has 0 radical (unpaired) electrons. The topological polar surface area (TPSA) is 32.3 Å². The molecule has 2 nitrogen and oxygen atoms in total. The van der Waals surface area contributed by atoms with Crippen molar-refractivity contribution in [3.05, 3.63) is 63.1 Å². The standard InChI is InChI=1S/C14H11BrClF2NO/c15-10-6-9(16)2-4-13(10)19-7-14(20)8-1-3-11(17)12(18)5-8/h1-6,14,19-20H,7H2. The Balaban J connectivity index is 2.04. The summed E-state index contributed by atoms with van der Waals surface area (Å²) in [5, 5.41) is 13.5. The Morgan fingerprint density at radius 3 is 2.55 bits per heavy atom. The number of nitrogens with one attached hydrogen (secondary N) is 1. The third kappa shape index (κ3) is 3.69. The number of rotatable bonds is 4. The molecule has 20 heavy (non-hydrogen) atoms. The lowest BCUT2D eigenvalue weighted by molar-refractivity contribution is 0.191. The molecule has 0 aliphatic carbocycles. The molecule has 1 atom stereocenters. The highest BCUT2D eigenvalue weighted by Gasteiger charge is 2.11. The summed E-state index contributed by atoms with van der Waals surface area (Å²) in [6, 6.07) is 8.50. The van der Waals surface area contributed by atoms with Crippen molar-refractivity contribution in [1.29, 1.82) is 0 Å². The highest BCUT2D eigenvalue weighted by atomic mass is 79.9. The van der Waals surface area contributed by atoms with Crippen LogP contribution in [0.5, 0.6) is 0 Å².